The monoisotopic (exact) mass is 522 g/mol. The van der Waals surface area contributed by atoms with E-state index in [4.69, 9.17) is 23.2 Å². The molecule has 0 bridgehead atoms. The predicted molar refractivity (Wildman–Crippen MR) is 136 cm³/mol. The molecule has 7 nitrogen and oxygen atoms in total. The maximum Gasteiger partial charge on any atom is 0.243 e. The summed E-state index contributed by atoms with van der Waals surface area (Å²) in [5.74, 6) is -0.0805. The van der Waals surface area contributed by atoms with Crippen LogP contribution in [0.15, 0.2) is 59.5 Å². The van der Waals surface area contributed by atoms with Crippen LogP contribution in [0.4, 0.5) is 5.82 Å². The quantitative estimate of drug-likeness (QED) is 0.422. The number of anilines is 1. The van der Waals surface area contributed by atoms with Gasteiger partial charge in [-0.1, -0.05) is 63.0 Å². The summed E-state index contributed by atoms with van der Waals surface area (Å²) >= 11 is 12.3. The Labute approximate surface area is 210 Å². The van der Waals surface area contributed by atoms with E-state index in [1.807, 2.05) is 39.8 Å². The van der Waals surface area contributed by atoms with E-state index in [1.165, 1.54) is 24.3 Å². The number of halogens is 2. The van der Waals surface area contributed by atoms with Crippen LogP contribution in [0.5, 0.6) is 0 Å². The number of carbonyl (C=O) groups excluding carboxylic acids is 1. The molecule has 0 unspecified atom stereocenters. The molecule has 1 aromatic heterocycles. The first-order valence-electron chi connectivity index (χ1n) is 10.8. The number of sulfonamides is 1. The van der Waals surface area contributed by atoms with Gasteiger partial charge in [0.05, 0.1) is 27.8 Å². The van der Waals surface area contributed by atoms with Crippen molar-refractivity contribution in [2.24, 2.45) is 0 Å². The van der Waals surface area contributed by atoms with Crippen molar-refractivity contribution in [3.05, 3.63) is 70.3 Å². The van der Waals surface area contributed by atoms with Crippen molar-refractivity contribution in [1.29, 1.82) is 0 Å². The van der Waals surface area contributed by atoms with Crippen molar-refractivity contribution in [3.8, 4) is 5.69 Å². The highest BCUT2D eigenvalue weighted by Crippen LogP contribution is 2.29. The fourth-order valence-electron chi connectivity index (χ4n) is 3.28. The van der Waals surface area contributed by atoms with Crippen molar-refractivity contribution < 1.29 is 13.2 Å². The van der Waals surface area contributed by atoms with Gasteiger partial charge in [-0.15, -0.1) is 0 Å². The summed E-state index contributed by atoms with van der Waals surface area (Å²) in [4.78, 5) is 13.1. The molecule has 3 aromatic rings. The minimum absolute atomic E-state index is 0.0780. The normalized spacial score (nSPS) is 12.2. The number of nitrogens with zero attached hydrogens (tertiary/aromatic N) is 3. The summed E-state index contributed by atoms with van der Waals surface area (Å²) in [5, 5.41) is 8.39. The van der Waals surface area contributed by atoms with Gasteiger partial charge in [0.1, 0.15) is 5.82 Å². The molecule has 0 aliphatic rings. The zero-order valence-corrected chi connectivity index (χ0v) is 21.9. The van der Waals surface area contributed by atoms with Crippen LogP contribution < -0.4 is 5.32 Å². The third-order valence-electron chi connectivity index (χ3n) is 5.07. The molecule has 0 aliphatic heterocycles. The lowest BCUT2D eigenvalue weighted by Crippen LogP contribution is -2.38. The lowest BCUT2D eigenvalue weighted by molar-refractivity contribution is -0.116. The standard InChI is InChI=1S/C24H28Cl2N4O3S/c1-5-14-29(34(32,33)18-12-10-17(25)11-13-18)16-23(31)27-22-15-21(24(2,3)4)28-30(22)20-9-7-6-8-19(20)26/h6-13,15H,5,14,16H2,1-4H3,(H,27,31). The molecule has 0 spiro atoms. The summed E-state index contributed by atoms with van der Waals surface area (Å²) in [7, 11) is -3.88. The molecule has 0 atom stereocenters. The molecule has 182 valence electrons. The molecule has 2 aromatic carbocycles. The van der Waals surface area contributed by atoms with Gasteiger partial charge >= 0.3 is 0 Å². The van der Waals surface area contributed by atoms with Gasteiger partial charge in [-0.25, -0.2) is 13.1 Å². The van der Waals surface area contributed by atoms with Gasteiger partial charge in [-0.05, 0) is 42.8 Å². The van der Waals surface area contributed by atoms with Gasteiger partial charge in [0.2, 0.25) is 15.9 Å². The Morgan fingerprint density at radius 1 is 1.09 bits per heavy atom. The van der Waals surface area contributed by atoms with E-state index in [0.717, 1.165) is 10.00 Å². The Morgan fingerprint density at radius 3 is 2.32 bits per heavy atom. The van der Waals surface area contributed by atoms with E-state index in [2.05, 4.69) is 10.4 Å². The molecule has 34 heavy (non-hydrogen) atoms. The van der Waals surface area contributed by atoms with Gasteiger partial charge < -0.3 is 5.32 Å². The Balaban J connectivity index is 1.91. The van der Waals surface area contributed by atoms with Crippen LogP contribution in [-0.2, 0) is 20.2 Å². The molecule has 1 N–H and O–H groups in total. The zero-order chi connectivity index (χ0) is 25.1. The van der Waals surface area contributed by atoms with E-state index < -0.39 is 15.9 Å². The minimum atomic E-state index is -3.88. The zero-order valence-electron chi connectivity index (χ0n) is 19.5. The summed E-state index contributed by atoms with van der Waals surface area (Å²) < 4.78 is 29.0. The van der Waals surface area contributed by atoms with Crippen LogP contribution in [0.25, 0.3) is 5.69 Å². The van der Waals surface area contributed by atoms with Gasteiger partial charge in [-0.2, -0.15) is 9.40 Å². The first-order valence-corrected chi connectivity index (χ1v) is 13.0. The molecule has 10 heteroatoms. The number of hydrogen-bond donors (Lipinski definition) is 1. The Bertz CT molecular complexity index is 1270. The topological polar surface area (TPSA) is 84.3 Å². The molecular weight excluding hydrogens is 495 g/mol. The van der Waals surface area contributed by atoms with E-state index in [-0.39, 0.29) is 23.4 Å². The average Bonchev–Trinajstić information content (AvgIpc) is 3.18. The number of carbonyl (C=O) groups is 1. The predicted octanol–water partition coefficient (Wildman–Crippen LogP) is 5.52. The van der Waals surface area contributed by atoms with Crippen molar-refractivity contribution in [3.63, 3.8) is 0 Å². The number of hydrogen-bond acceptors (Lipinski definition) is 4. The number of para-hydroxylation sites is 1. The smallest absolute Gasteiger partial charge is 0.243 e. The van der Waals surface area contributed by atoms with Gasteiger partial charge in [0.25, 0.3) is 0 Å². The van der Waals surface area contributed by atoms with Crippen molar-refractivity contribution in [2.45, 2.75) is 44.4 Å². The van der Waals surface area contributed by atoms with E-state index in [0.29, 0.717) is 28.0 Å². The highest BCUT2D eigenvalue weighted by Gasteiger charge is 2.27. The van der Waals surface area contributed by atoms with Crippen LogP contribution in [0.2, 0.25) is 10.0 Å². The van der Waals surface area contributed by atoms with Crippen LogP contribution >= 0.6 is 23.2 Å². The first kappa shape index (κ1) is 26.2. The lowest BCUT2D eigenvalue weighted by Gasteiger charge is -2.21. The number of rotatable bonds is 8. The highest BCUT2D eigenvalue weighted by atomic mass is 35.5. The van der Waals surface area contributed by atoms with Gasteiger partial charge in [0, 0.05) is 23.0 Å². The second kappa shape index (κ2) is 10.5. The van der Waals surface area contributed by atoms with Crippen LogP contribution in [0.3, 0.4) is 0 Å². The Morgan fingerprint density at radius 2 is 1.74 bits per heavy atom. The fraction of sp³-hybridized carbons (Fsp3) is 0.333. The summed E-state index contributed by atoms with van der Waals surface area (Å²) in [6, 6.07) is 14.8. The lowest BCUT2D eigenvalue weighted by atomic mass is 9.92. The Hall–Kier alpha value is -2.39. The molecule has 0 radical (unpaired) electrons. The SMILES string of the molecule is CCCN(CC(=O)Nc1cc(C(C)(C)C)nn1-c1ccccc1Cl)S(=O)(=O)c1ccc(Cl)cc1. The fourth-order valence-corrected chi connectivity index (χ4v) is 5.11. The van der Waals surface area contributed by atoms with Crippen LogP contribution in [0.1, 0.15) is 39.8 Å². The minimum Gasteiger partial charge on any atom is -0.309 e. The number of nitrogens with one attached hydrogen (secondary N) is 1. The van der Waals surface area contributed by atoms with Crippen molar-refractivity contribution in [1.82, 2.24) is 14.1 Å². The molecular formula is C24H28Cl2N4O3S. The van der Waals surface area contributed by atoms with Crippen molar-refractivity contribution in [2.75, 3.05) is 18.4 Å². The third kappa shape index (κ3) is 5.99. The molecule has 1 amide bonds. The first-order chi connectivity index (χ1) is 15.9. The van der Waals surface area contributed by atoms with E-state index in [1.54, 1.807) is 22.9 Å². The Kier molecular flexibility index (Phi) is 8.08. The number of benzene rings is 2. The molecule has 0 saturated heterocycles. The summed E-state index contributed by atoms with van der Waals surface area (Å²) in [6.45, 7) is 7.73. The van der Waals surface area contributed by atoms with E-state index in [9.17, 15) is 13.2 Å². The molecule has 0 aliphatic carbocycles. The average molecular weight is 523 g/mol. The maximum absolute atomic E-state index is 13.2. The van der Waals surface area contributed by atoms with Gasteiger partial charge in [0.15, 0.2) is 0 Å². The molecule has 0 saturated carbocycles. The second-order valence-electron chi connectivity index (χ2n) is 8.87. The third-order valence-corrected chi connectivity index (χ3v) is 7.50. The number of amides is 1. The second-order valence-corrected chi connectivity index (χ2v) is 11.7. The molecule has 3 rings (SSSR count). The van der Waals surface area contributed by atoms with Crippen molar-refractivity contribution >= 4 is 45.0 Å². The maximum atomic E-state index is 13.2. The highest BCUT2D eigenvalue weighted by molar-refractivity contribution is 7.89. The number of aromatic nitrogens is 2. The van der Waals surface area contributed by atoms with Gasteiger partial charge in [-0.3, -0.25) is 4.79 Å². The van der Waals surface area contributed by atoms with Crippen LogP contribution in [-0.4, -0.2) is 41.5 Å². The molecule has 1 heterocycles. The van der Waals surface area contributed by atoms with Crippen LogP contribution in [0, 0.1) is 0 Å². The molecule has 0 fully saturated rings. The summed E-state index contributed by atoms with van der Waals surface area (Å²) in [6.07, 6.45) is 0.547. The summed E-state index contributed by atoms with van der Waals surface area (Å²) in [5.41, 5.74) is 1.08. The largest absolute Gasteiger partial charge is 0.309 e. The van der Waals surface area contributed by atoms with E-state index >= 15 is 0 Å².